The van der Waals surface area contributed by atoms with Crippen LogP contribution in [-0.4, -0.2) is 45.9 Å². The number of para-hydroxylation sites is 2. The summed E-state index contributed by atoms with van der Waals surface area (Å²) in [6.45, 7) is 6.62. The van der Waals surface area contributed by atoms with Crippen molar-refractivity contribution in [2.45, 2.75) is 64.3 Å². The normalized spacial score (nSPS) is 14.5. The number of hydrogen-bond donors (Lipinski definition) is 1. The minimum absolute atomic E-state index is 0.120. The number of imidazole rings is 1. The molecule has 0 atom stereocenters. The van der Waals surface area contributed by atoms with E-state index in [-0.39, 0.29) is 11.8 Å². The first-order valence-electron chi connectivity index (χ1n) is 11.3. The second-order valence-corrected chi connectivity index (χ2v) is 8.02. The Morgan fingerprint density at radius 1 is 1.07 bits per heavy atom. The molecule has 2 heterocycles. The van der Waals surface area contributed by atoms with E-state index >= 15 is 0 Å². The van der Waals surface area contributed by atoms with Crippen LogP contribution in [0.3, 0.4) is 0 Å². The van der Waals surface area contributed by atoms with Crippen LogP contribution in [0.1, 0.15) is 57.2 Å². The van der Waals surface area contributed by atoms with Gasteiger partial charge >= 0.3 is 0 Å². The van der Waals surface area contributed by atoms with Crippen LogP contribution in [-0.2, 0) is 22.6 Å². The van der Waals surface area contributed by atoms with Gasteiger partial charge in [0.05, 0.1) is 11.0 Å². The predicted molar refractivity (Wildman–Crippen MR) is 120 cm³/mol. The molecule has 2 amide bonds. The lowest BCUT2D eigenvalue weighted by atomic mass is 10.2. The summed E-state index contributed by atoms with van der Waals surface area (Å²) in [7, 11) is 0. The summed E-state index contributed by atoms with van der Waals surface area (Å²) in [5.41, 5.74) is 2.10. The number of fused-ring (bicyclic) bond motifs is 1. The van der Waals surface area contributed by atoms with Crippen molar-refractivity contribution < 1.29 is 9.59 Å². The molecule has 1 saturated heterocycles. The minimum Gasteiger partial charge on any atom is -0.353 e. The van der Waals surface area contributed by atoms with Crippen molar-refractivity contribution in [3.05, 3.63) is 42.7 Å². The van der Waals surface area contributed by atoms with Gasteiger partial charge < -0.3 is 14.8 Å². The van der Waals surface area contributed by atoms with Crippen LogP contribution >= 0.6 is 0 Å². The Morgan fingerprint density at radius 2 is 1.83 bits per heavy atom. The molecule has 162 valence electrons. The Hall–Kier alpha value is -2.63. The average molecular weight is 411 g/mol. The Bertz CT molecular complexity index is 850. The number of carbonyl (C=O) groups is 2. The van der Waals surface area contributed by atoms with Crippen molar-refractivity contribution in [2.24, 2.45) is 0 Å². The van der Waals surface area contributed by atoms with E-state index in [9.17, 15) is 9.59 Å². The van der Waals surface area contributed by atoms with E-state index < -0.39 is 0 Å². The van der Waals surface area contributed by atoms with Crippen LogP contribution in [0.25, 0.3) is 11.0 Å². The number of hydrogen-bond acceptors (Lipinski definition) is 3. The Labute approximate surface area is 179 Å². The van der Waals surface area contributed by atoms with Crippen molar-refractivity contribution in [3.63, 3.8) is 0 Å². The zero-order chi connectivity index (χ0) is 21.2. The first-order chi connectivity index (χ1) is 14.7. The fraction of sp³-hybridized carbons (Fsp3) is 0.542. The third-order valence-electron chi connectivity index (χ3n) is 5.80. The smallest absolute Gasteiger partial charge is 0.243 e. The summed E-state index contributed by atoms with van der Waals surface area (Å²) in [6, 6.07) is 8.17. The lowest BCUT2D eigenvalue weighted by Gasteiger charge is -2.20. The quantitative estimate of drug-likeness (QED) is 0.478. The van der Waals surface area contributed by atoms with Gasteiger partial charge in [-0.3, -0.25) is 9.59 Å². The zero-order valence-electron chi connectivity index (χ0n) is 17.9. The highest BCUT2D eigenvalue weighted by Crippen LogP contribution is 2.19. The molecule has 0 radical (unpaired) electrons. The molecule has 1 N–H and O–H groups in total. The highest BCUT2D eigenvalue weighted by Gasteiger charge is 2.17. The number of nitrogens with one attached hydrogen (secondary N) is 1. The van der Waals surface area contributed by atoms with Gasteiger partial charge in [-0.1, -0.05) is 38.0 Å². The molecule has 30 heavy (non-hydrogen) atoms. The summed E-state index contributed by atoms with van der Waals surface area (Å²) >= 11 is 0. The lowest BCUT2D eigenvalue weighted by Crippen LogP contribution is -2.32. The van der Waals surface area contributed by atoms with Crippen molar-refractivity contribution >= 4 is 22.8 Å². The first kappa shape index (κ1) is 22.1. The third-order valence-corrected chi connectivity index (χ3v) is 5.80. The van der Waals surface area contributed by atoms with Gasteiger partial charge in [0.2, 0.25) is 11.8 Å². The molecule has 1 aliphatic heterocycles. The van der Waals surface area contributed by atoms with E-state index in [1.54, 1.807) is 0 Å². The van der Waals surface area contributed by atoms with E-state index in [0.29, 0.717) is 19.5 Å². The van der Waals surface area contributed by atoms with E-state index in [2.05, 4.69) is 22.5 Å². The Morgan fingerprint density at radius 3 is 2.60 bits per heavy atom. The van der Waals surface area contributed by atoms with Gasteiger partial charge in [-0.25, -0.2) is 4.98 Å². The van der Waals surface area contributed by atoms with Crippen LogP contribution in [0.4, 0.5) is 0 Å². The number of aromatic nitrogens is 2. The fourth-order valence-electron chi connectivity index (χ4n) is 4.12. The summed E-state index contributed by atoms with van der Waals surface area (Å²) in [6.07, 6.45) is 10.4. The summed E-state index contributed by atoms with van der Waals surface area (Å²) in [4.78, 5) is 30.8. The maximum absolute atomic E-state index is 12.8. The summed E-state index contributed by atoms with van der Waals surface area (Å²) in [5.74, 6) is 1.19. The molecular weight excluding hydrogens is 376 g/mol. The molecule has 1 aromatic heterocycles. The maximum Gasteiger partial charge on any atom is 0.243 e. The zero-order valence-corrected chi connectivity index (χ0v) is 17.9. The van der Waals surface area contributed by atoms with Crippen LogP contribution in [0.5, 0.6) is 0 Å². The van der Waals surface area contributed by atoms with Crippen LogP contribution in [0, 0.1) is 0 Å². The van der Waals surface area contributed by atoms with Gasteiger partial charge in [0, 0.05) is 39.0 Å². The monoisotopic (exact) mass is 410 g/mol. The molecule has 0 aliphatic carbocycles. The number of nitrogens with zero attached hydrogens (tertiary/aromatic N) is 3. The van der Waals surface area contributed by atoms with Crippen LogP contribution in [0.15, 0.2) is 36.9 Å². The molecule has 6 nitrogen and oxygen atoms in total. The molecule has 1 fully saturated rings. The first-order valence-corrected chi connectivity index (χ1v) is 11.3. The van der Waals surface area contributed by atoms with Gasteiger partial charge in [-0.05, 0) is 43.9 Å². The molecule has 6 heteroatoms. The Kier molecular flexibility index (Phi) is 8.48. The third kappa shape index (κ3) is 6.18. The van der Waals surface area contributed by atoms with Gasteiger partial charge in [0.15, 0.2) is 0 Å². The number of rotatable bonds is 10. The van der Waals surface area contributed by atoms with Gasteiger partial charge in [-0.15, -0.1) is 0 Å². The van der Waals surface area contributed by atoms with Crippen molar-refractivity contribution in [1.29, 1.82) is 0 Å². The molecule has 0 saturated carbocycles. The molecule has 1 aromatic carbocycles. The van der Waals surface area contributed by atoms with Gasteiger partial charge in [-0.2, -0.15) is 0 Å². The molecule has 2 aromatic rings. The molecule has 0 spiro atoms. The highest BCUT2D eigenvalue weighted by atomic mass is 16.2. The van der Waals surface area contributed by atoms with Crippen molar-refractivity contribution in [2.75, 3.05) is 19.6 Å². The largest absolute Gasteiger partial charge is 0.353 e. The number of carbonyl (C=O) groups excluding carboxylic acids is 2. The minimum atomic E-state index is -0.120. The van der Waals surface area contributed by atoms with E-state index in [0.717, 1.165) is 68.5 Å². The van der Waals surface area contributed by atoms with Gasteiger partial charge in [0.1, 0.15) is 5.82 Å². The van der Waals surface area contributed by atoms with Crippen LogP contribution in [0.2, 0.25) is 0 Å². The predicted octanol–water partition coefficient (Wildman–Crippen LogP) is 3.84. The van der Waals surface area contributed by atoms with E-state index in [4.69, 9.17) is 4.98 Å². The molecule has 0 bridgehead atoms. The molecule has 0 unspecified atom stereocenters. The summed E-state index contributed by atoms with van der Waals surface area (Å²) in [5, 5.41) is 2.81. The number of aryl methyl sites for hydroxylation is 2. The topological polar surface area (TPSA) is 67.2 Å². The van der Waals surface area contributed by atoms with E-state index in [1.165, 1.54) is 18.9 Å². The Balaban J connectivity index is 1.56. The maximum atomic E-state index is 12.8. The molecule has 1 aliphatic rings. The van der Waals surface area contributed by atoms with Crippen LogP contribution < -0.4 is 5.32 Å². The molecular formula is C24H34N4O2. The molecule has 3 rings (SSSR count). The summed E-state index contributed by atoms with van der Waals surface area (Å²) < 4.78 is 2.23. The SMILES string of the molecule is C=CC(=O)NCCCCCc1nc2ccccc2n1CCC(=O)N1CCCCCC1. The average Bonchev–Trinajstić information content (AvgIpc) is 2.92. The van der Waals surface area contributed by atoms with Crippen molar-refractivity contribution in [3.8, 4) is 0 Å². The lowest BCUT2D eigenvalue weighted by molar-refractivity contribution is -0.131. The van der Waals surface area contributed by atoms with E-state index in [1.807, 2.05) is 23.1 Å². The van der Waals surface area contributed by atoms with Crippen molar-refractivity contribution in [1.82, 2.24) is 19.8 Å². The number of amides is 2. The number of benzene rings is 1. The number of likely N-dealkylation sites (tertiary alicyclic amines) is 1. The highest BCUT2D eigenvalue weighted by molar-refractivity contribution is 5.86. The second kappa shape index (κ2) is 11.5. The second-order valence-electron chi connectivity index (χ2n) is 8.02. The number of unbranched alkanes of at least 4 members (excludes halogenated alkanes) is 2. The van der Waals surface area contributed by atoms with Gasteiger partial charge in [0.25, 0.3) is 0 Å². The standard InChI is InChI=1S/C24H34N4O2/c1-2-23(29)25-16-9-5-6-14-22-26-20-12-7-8-13-21(20)28(22)19-15-24(30)27-17-10-3-4-11-18-27/h2,7-8,12-13H,1,3-6,9-11,14-19H2,(H,25,29). The fourth-order valence-corrected chi connectivity index (χ4v) is 4.12.